The van der Waals surface area contributed by atoms with Crippen LogP contribution < -0.4 is 15.8 Å². The van der Waals surface area contributed by atoms with Crippen molar-refractivity contribution in [1.82, 2.24) is 0 Å². The maximum Gasteiger partial charge on any atom is 0.129 e. The van der Waals surface area contributed by atoms with Crippen LogP contribution in [0.25, 0.3) is 16.7 Å². The molecule has 1 aliphatic rings. The van der Waals surface area contributed by atoms with Crippen molar-refractivity contribution in [1.29, 1.82) is 0 Å². The smallest absolute Gasteiger partial charge is 0.129 e. The summed E-state index contributed by atoms with van der Waals surface area (Å²) in [4.78, 5) is 0. The number of allylic oxidation sites excluding steroid dienone is 1. The molecule has 0 saturated carbocycles. The van der Waals surface area contributed by atoms with Crippen molar-refractivity contribution in [3.63, 3.8) is 0 Å². The summed E-state index contributed by atoms with van der Waals surface area (Å²) in [5.41, 5.74) is 15.3. The van der Waals surface area contributed by atoms with E-state index in [1.54, 1.807) is 13.2 Å². The number of fused-ring (bicyclic) bond motifs is 1. The van der Waals surface area contributed by atoms with Crippen molar-refractivity contribution in [3.8, 4) is 16.9 Å². The molecule has 4 rings (SSSR count). The molecule has 4 heteroatoms. The second-order valence-corrected chi connectivity index (χ2v) is 10.8. The Balaban J connectivity index is 1.96. The molecule has 0 aliphatic carbocycles. The normalized spacial score (nSPS) is 15.7. The Labute approximate surface area is 202 Å². The van der Waals surface area contributed by atoms with E-state index in [9.17, 15) is 4.39 Å². The first-order valence-corrected chi connectivity index (χ1v) is 11.8. The van der Waals surface area contributed by atoms with Gasteiger partial charge in [0.05, 0.1) is 18.7 Å². The number of ether oxygens (including phenoxy) is 1. The quantitative estimate of drug-likeness (QED) is 0.427. The van der Waals surface area contributed by atoms with Gasteiger partial charge in [-0.15, -0.1) is 0 Å². The van der Waals surface area contributed by atoms with Gasteiger partial charge in [0.15, 0.2) is 0 Å². The Morgan fingerprint density at radius 1 is 0.971 bits per heavy atom. The third kappa shape index (κ3) is 4.47. The fourth-order valence-electron chi connectivity index (χ4n) is 4.95. The highest BCUT2D eigenvalue weighted by Gasteiger charge is 2.29. The van der Waals surface area contributed by atoms with Crippen molar-refractivity contribution in [3.05, 3.63) is 88.7 Å². The van der Waals surface area contributed by atoms with E-state index in [1.165, 1.54) is 23.3 Å². The van der Waals surface area contributed by atoms with Crippen LogP contribution in [0.1, 0.15) is 69.8 Å². The number of hydrogen-bond acceptors (Lipinski definition) is 3. The van der Waals surface area contributed by atoms with E-state index in [1.807, 2.05) is 0 Å². The predicted molar refractivity (Wildman–Crippen MR) is 141 cm³/mol. The highest BCUT2D eigenvalue weighted by Crippen LogP contribution is 2.45. The van der Waals surface area contributed by atoms with Crippen LogP contribution in [0.4, 0.5) is 10.1 Å². The molecule has 3 N–H and O–H groups in total. The maximum atomic E-state index is 14.0. The summed E-state index contributed by atoms with van der Waals surface area (Å²) in [6.45, 7) is 13.1. The topological polar surface area (TPSA) is 47.3 Å². The second-order valence-electron chi connectivity index (χ2n) is 10.8. The van der Waals surface area contributed by atoms with Gasteiger partial charge in [-0.1, -0.05) is 57.2 Å². The molecule has 0 fully saturated rings. The number of methoxy groups -OCH3 is 1. The Hall–Kier alpha value is -3.11. The average Bonchev–Trinajstić information content (AvgIpc) is 2.76. The molecule has 1 atom stereocenters. The fourth-order valence-corrected chi connectivity index (χ4v) is 4.95. The minimum atomic E-state index is -0.375. The second kappa shape index (κ2) is 8.59. The first kappa shape index (κ1) is 24.0. The van der Waals surface area contributed by atoms with Crippen LogP contribution in [-0.4, -0.2) is 12.6 Å². The molecule has 1 unspecified atom stereocenters. The standard InChI is InChI=1S/C30H35FN2O/c1-18-17-30(5,6)33-24-15-14-23(22-13-12-21(31)16-25(22)34-7)27(26(18)24)28(32)19-8-10-20(11-9-19)29(2,3)4/h8-17,28,33H,32H2,1-7H3. The Morgan fingerprint density at radius 3 is 2.24 bits per heavy atom. The van der Waals surface area contributed by atoms with Gasteiger partial charge in [-0.2, -0.15) is 0 Å². The van der Waals surface area contributed by atoms with Gasteiger partial charge in [0.25, 0.3) is 0 Å². The predicted octanol–water partition coefficient (Wildman–Crippen LogP) is 7.45. The minimum Gasteiger partial charge on any atom is -0.496 e. The number of benzene rings is 3. The van der Waals surface area contributed by atoms with E-state index in [4.69, 9.17) is 10.5 Å². The van der Waals surface area contributed by atoms with Crippen LogP contribution in [0.5, 0.6) is 5.75 Å². The first-order chi connectivity index (χ1) is 15.9. The van der Waals surface area contributed by atoms with E-state index in [0.717, 1.165) is 33.5 Å². The Kier molecular flexibility index (Phi) is 6.07. The molecule has 1 heterocycles. The van der Waals surface area contributed by atoms with E-state index < -0.39 is 0 Å². The van der Waals surface area contributed by atoms with Crippen molar-refractivity contribution in [2.24, 2.45) is 5.73 Å². The lowest BCUT2D eigenvalue weighted by atomic mass is 9.80. The van der Waals surface area contributed by atoms with Gasteiger partial charge in [-0.3, -0.25) is 0 Å². The van der Waals surface area contributed by atoms with Crippen LogP contribution in [0.3, 0.4) is 0 Å². The summed E-state index contributed by atoms with van der Waals surface area (Å²) >= 11 is 0. The average molecular weight is 459 g/mol. The van der Waals surface area contributed by atoms with Gasteiger partial charge < -0.3 is 15.8 Å². The van der Waals surface area contributed by atoms with Gasteiger partial charge in [0.1, 0.15) is 11.6 Å². The van der Waals surface area contributed by atoms with E-state index in [2.05, 4.69) is 89.3 Å². The molecule has 178 valence electrons. The van der Waals surface area contributed by atoms with Gasteiger partial charge >= 0.3 is 0 Å². The molecule has 3 nitrogen and oxygen atoms in total. The third-order valence-corrected chi connectivity index (χ3v) is 6.57. The van der Waals surface area contributed by atoms with Crippen molar-refractivity contribution < 1.29 is 9.13 Å². The molecule has 0 aromatic heterocycles. The summed E-state index contributed by atoms with van der Waals surface area (Å²) in [5.74, 6) is 0.156. The van der Waals surface area contributed by atoms with E-state index in [0.29, 0.717) is 5.75 Å². The lowest BCUT2D eigenvalue weighted by molar-refractivity contribution is 0.413. The molecule has 34 heavy (non-hydrogen) atoms. The van der Waals surface area contributed by atoms with Crippen LogP contribution in [0.15, 0.2) is 60.7 Å². The molecular formula is C30H35FN2O. The number of nitrogens with two attached hydrogens (primary N) is 1. The van der Waals surface area contributed by atoms with Gasteiger partial charge in [0.2, 0.25) is 0 Å². The number of nitrogens with one attached hydrogen (secondary N) is 1. The highest BCUT2D eigenvalue weighted by atomic mass is 19.1. The van der Waals surface area contributed by atoms with Crippen LogP contribution in [0.2, 0.25) is 0 Å². The molecular weight excluding hydrogens is 423 g/mol. The minimum absolute atomic E-state index is 0.0655. The highest BCUT2D eigenvalue weighted by molar-refractivity contribution is 5.89. The van der Waals surface area contributed by atoms with Crippen molar-refractivity contribution >= 4 is 11.3 Å². The van der Waals surface area contributed by atoms with Crippen LogP contribution >= 0.6 is 0 Å². The lowest BCUT2D eigenvalue weighted by Crippen LogP contribution is -2.32. The molecule has 0 amide bonds. The SMILES string of the molecule is COc1cc(F)ccc1-c1ccc2c(c1C(N)c1ccc(C(C)(C)C)cc1)C(C)=CC(C)(C)N2. The molecule has 1 aliphatic heterocycles. The van der Waals surface area contributed by atoms with E-state index >= 15 is 0 Å². The first-order valence-electron chi connectivity index (χ1n) is 11.8. The Bertz CT molecular complexity index is 1250. The maximum absolute atomic E-state index is 14.0. The summed E-state index contributed by atoms with van der Waals surface area (Å²) in [5, 5.41) is 3.64. The van der Waals surface area contributed by atoms with Crippen LogP contribution in [-0.2, 0) is 5.41 Å². The zero-order chi connectivity index (χ0) is 24.8. The number of rotatable bonds is 4. The third-order valence-electron chi connectivity index (χ3n) is 6.57. The van der Waals surface area contributed by atoms with Crippen molar-refractivity contribution in [2.75, 3.05) is 12.4 Å². The zero-order valence-corrected chi connectivity index (χ0v) is 21.2. The Morgan fingerprint density at radius 2 is 1.62 bits per heavy atom. The molecule has 0 saturated heterocycles. The monoisotopic (exact) mass is 458 g/mol. The summed E-state index contributed by atoms with van der Waals surface area (Å²) < 4.78 is 19.6. The lowest BCUT2D eigenvalue weighted by Gasteiger charge is -2.34. The van der Waals surface area contributed by atoms with Gasteiger partial charge in [0, 0.05) is 22.9 Å². The summed E-state index contributed by atoms with van der Waals surface area (Å²) in [6.07, 6.45) is 2.24. The molecule has 3 aromatic rings. The molecule has 3 aromatic carbocycles. The fraction of sp³-hybridized carbons (Fsp3) is 0.333. The van der Waals surface area contributed by atoms with Crippen molar-refractivity contribution in [2.45, 2.75) is 58.5 Å². The zero-order valence-electron chi connectivity index (χ0n) is 21.2. The largest absolute Gasteiger partial charge is 0.496 e. The van der Waals surface area contributed by atoms with E-state index in [-0.39, 0.29) is 22.8 Å². The summed E-state index contributed by atoms with van der Waals surface area (Å²) in [6, 6.07) is 17.0. The summed E-state index contributed by atoms with van der Waals surface area (Å²) in [7, 11) is 1.57. The van der Waals surface area contributed by atoms with Crippen LogP contribution in [0, 0.1) is 5.82 Å². The number of anilines is 1. The molecule has 0 bridgehead atoms. The van der Waals surface area contributed by atoms with Gasteiger partial charge in [-0.25, -0.2) is 4.39 Å². The molecule has 0 spiro atoms. The van der Waals surface area contributed by atoms with Gasteiger partial charge in [-0.05, 0) is 72.2 Å². The number of halogens is 1. The molecule has 0 radical (unpaired) electrons. The number of hydrogen-bond donors (Lipinski definition) is 2.